The molecular weight excluding hydrogens is 456 g/mol. The summed E-state index contributed by atoms with van der Waals surface area (Å²) in [5.41, 5.74) is -0.460. The van der Waals surface area contributed by atoms with Crippen molar-refractivity contribution in [3.63, 3.8) is 0 Å². The van der Waals surface area contributed by atoms with Crippen LogP contribution in [-0.4, -0.2) is 13.6 Å². The van der Waals surface area contributed by atoms with Crippen molar-refractivity contribution in [2.45, 2.75) is 11.3 Å². The van der Waals surface area contributed by atoms with E-state index in [1.165, 1.54) is 12.1 Å². The number of rotatable bonds is 4. The molecule has 0 spiro atoms. The fourth-order valence-corrected chi connectivity index (χ4v) is 3.44. The molecule has 0 atom stereocenters. The number of primary sulfonamides is 1. The van der Waals surface area contributed by atoms with Gasteiger partial charge in [-0.25, -0.2) is 31.1 Å². The highest BCUT2D eigenvalue weighted by Gasteiger charge is 2.29. The average Bonchev–Trinajstić information content (AvgIpc) is 2.98. The van der Waals surface area contributed by atoms with E-state index in [9.17, 15) is 26.0 Å². The summed E-state index contributed by atoms with van der Waals surface area (Å²) in [7, 11) is -4.69. The lowest BCUT2D eigenvalue weighted by Gasteiger charge is -2.08. The van der Waals surface area contributed by atoms with Crippen LogP contribution in [0.1, 0.15) is 12.2 Å². The second-order valence-electron chi connectivity index (χ2n) is 5.39. The molecule has 0 amide bonds. The van der Waals surface area contributed by atoms with Crippen molar-refractivity contribution >= 4 is 26.0 Å². The third-order valence-electron chi connectivity index (χ3n) is 3.61. The molecule has 0 radical (unpaired) electrons. The normalized spacial score (nSPS) is 12.0. The van der Waals surface area contributed by atoms with E-state index in [4.69, 9.17) is 5.14 Å². The van der Waals surface area contributed by atoms with Gasteiger partial charge in [-0.2, -0.15) is 0 Å². The second-order valence-corrected chi connectivity index (χ2v) is 7.81. The summed E-state index contributed by atoms with van der Waals surface area (Å²) < 4.78 is 83.0. The largest absolute Gasteiger partial charge is 0.354 e. The third kappa shape index (κ3) is 3.75. The van der Waals surface area contributed by atoms with E-state index in [-0.39, 0.29) is 16.8 Å². The predicted octanol–water partition coefficient (Wildman–Crippen LogP) is 4.63. The Balaban J connectivity index is 2.28. The van der Waals surface area contributed by atoms with Crippen molar-refractivity contribution in [3.05, 3.63) is 58.3 Å². The van der Waals surface area contributed by atoms with Crippen LogP contribution in [0.5, 0.6) is 0 Å². The molecular formula is C16H9BrF4N2O3S. The quantitative estimate of drug-likeness (QED) is 0.570. The minimum Gasteiger partial charge on any atom is -0.354 e. The molecule has 0 saturated heterocycles. The summed E-state index contributed by atoms with van der Waals surface area (Å²) in [6.45, 7) is 0. The smallest absolute Gasteiger partial charge is 0.298 e. The summed E-state index contributed by atoms with van der Waals surface area (Å²) in [6.07, 6.45) is -3.12. The Kier molecular flexibility index (Phi) is 5.10. The maximum atomic E-state index is 14.2. The van der Waals surface area contributed by atoms with E-state index in [0.29, 0.717) is 22.2 Å². The molecule has 2 aromatic carbocycles. The standard InChI is InChI=1S/C16H9BrF4N2O3S/c17-9-3-1-7(2-4-9)13-12(14(16(20)21)26-23-13)8-5-10(18)15(11(19)6-8)27(22,24)25/h1-6,16H,(H2,22,24,25). The van der Waals surface area contributed by atoms with E-state index in [1.807, 2.05) is 0 Å². The molecule has 0 bridgehead atoms. The van der Waals surface area contributed by atoms with Gasteiger partial charge in [-0.1, -0.05) is 33.2 Å². The molecule has 0 unspecified atom stereocenters. The summed E-state index contributed by atoms with van der Waals surface area (Å²) in [6, 6.07) is 7.47. The van der Waals surface area contributed by atoms with E-state index in [1.54, 1.807) is 12.1 Å². The zero-order valence-electron chi connectivity index (χ0n) is 13.1. The number of nitrogens with two attached hydrogens (primary N) is 1. The van der Waals surface area contributed by atoms with Gasteiger partial charge in [0.05, 0.1) is 5.56 Å². The summed E-state index contributed by atoms with van der Waals surface area (Å²) in [5.74, 6) is -3.94. The Bertz CT molecular complexity index is 1090. The maximum absolute atomic E-state index is 14.2. The van der Waals surface area contributed by atoms with Crippen molar-refractivity contribution in [1.82, 2.24) is 5.16 Å². The van der Waals surface area contributed by atoms with Crippen LogP contribution < -0.4 is 5.14 Å². The molecule has 142 valence electrons. The third-order valence-corrected chi connectivity index (χ3v) is 5.09. The Labute approximate surface area is 159 Å². The topological polar surface area (TPSA) is 86.2 Å². The first-order valence-corrected chi connectivity index (χ1v) is 9.49. The van der Waals surface area contributed by atoms with Crippen LogP contribution >= 0.6 is 15.9 Å². The van der Waals surface area contributed by atoms with E-state index in [0.717, 1.165) is 0 Å². The predicted molar refractivity (Wildman–Crippen MR) is 91.3 cm³/mol. The average molecular weight is 465 g/mol. The zero-order valence-corrected chi connectivity index (χ0v) is 15.5. The van der Waals surface area contributed by atoms with Crippen LogP contribution in [0.3, 0.4) is 0 Å². The molecule has 0 aliphatic carbocycles. The molecule has 3 aromatic rings. The molecule has 2 N–H and O–H groups in total. The monoisotopic (exact) mass is 464 g/mol. The number of benzene rings is 2. The maximum Gasteiger partial charge on any atom is 0.298 e. The van der Waals surface area contributed by atoms with Gasteiger partial charge in [-0.3, -0.25) is 0 Å². The molecule has 11 heteroatoms. The highest BCUT2D eigenvalue weighted by Crippen LogP contribution is 2.40. The number of hydrogen-bond donors (Lipinski definition) is 1. The van der Waals surface area contributed by atoms with Gasteiger partial charge in [-0.05, 0) is 29.8 Å². The van der Waals surface area contributed by atoms with Crippen molar-refractivity contribution < 1.29 is 30.5 Å². The van der Waals surface area contributed by atoms with Gasteiger partial charge in [0.15, 0.2) is 4.90 Å². The number of hydrogen-bond acceptors (Lipinski definition) is 4. The first kappa shape index (κ1) is 19.5. The van der Waals surface area contributed by atoms with Gasteiger partial charge >= 0.3 is 0 Å². The van der Waals surface area contributed by atoms with Crippen LogP contribution in [0.4, 0.5) is 17.6 Å². The Morgan fingerprint density at radius 2 is 1.59 bits per heavy atom. The minimum atomic E-state index is -4.69. The van der Waals surface area contributed by atoms with Crippen LogP contribution in [-0.2, 0) is 10.0 Å². The molecule has 3 rings (SSSR count). The number of nitrogens with zero attached hydrogens (tertiary/aromatic N) is 1. The zero-order chi connectivity index (χ0) is 19.9. The SMILES string of the molecule is NS(=O)(=O)c1c(F)cc(-c2c(-c3ccc(Br)cc3)noc2C(F)F)cc1F. The molecule has 0 aliphatic rings. The minimum absolute atomic E-state index is 0.0834. The van der Waals surface area contributed by atoms with Gasteiger partial charge in [-0.15, -0.1) is 0 Å². The van der Waals surface area contributed by atoms with Crippen LogP contribution in [0.25, 0.3) is 22.4 Å². The molecule has 27 heavy (non-hydrogen) atoms. The lowest BCUT2D eigenvalue weighted by Crippen LogP contribution is -2.16. The Morgan fingerprint density at radius 3 is 2.07 bits per heavy atom. The van der Waals surface area contributed by atoms with Crippen molar-refractivity contribution in [2.75, 3.05) is 0 Å². The fraction of sp³-hybridized carbons (Fsp3) is 0.0625. The highest BCUT2D eigenvalue weighted by molar-refractivity contribution is 9.10. The van der Waals surface area contributed by atoms with Crippen molar-refractivity contribution in [1.29, 1.82) is 0 Å². The van der Waals surface area contributed by atoms with Gasteiger partial charge in [0, 0.05) is 10.0 Å². The summed E-state index contributed by atoms with van der Waals surface area (Å²) in [5, 5.41) is 8.36. The summed E-state index contributed by atoms with van der Waals surface area (Å²) >= 11 is 3.22. The number of alkyl halides is 2. The Hall–Kier alpha value is -2.24. The number of sulfonamides is 1. The highest BCUT2D eigenvalue weighted by atomic mass is 79.9. The van der Waals surface area contributed by atoms with E-state index >= 15 is 0 Å². The molecule has 5 nitrogen and oxygen atoms in total. The lowest BCUT2D eigenvalue weighted by atomic mass is 9.99. The van der Waals surface area contributed by atoms with Gasteiger partial charge < -0.3 is 4.52 Å². The fourth-order valence-electron chi connectivity index (χ4n) is 2.51. The van der Waals surface area contributed by atoms with Gasteiger partial charge in [0.25, 0.3) is 6.43 Å². The number of aromatic nitrogens is 1. The number of halogens is 5. The molecule has 1 heterocycles. The van der Waals surface area contributed by atoms with Crippen molar-refractivity contribution in [3.8, 4) is 22.4 Å². The molecule has 0 aliphatic heterocycles. The second kappa shape index (κ2) is 7.06. The van der Waals surface area contributed by atoms with Crippen molar-refractivity contribution in [2.24, 2.45) is 5.14 Å². The first-order valence-electron chi connectivity index (χ1n) is 7.15. The first-order chi connectivity index (χ1) is 12.6. The van der Waals surface area contributed by atoms with E-state index in [2.05, 4.69) is 25.6 Å². The summed E-state index contributed by atoms with van der Waals surface area (Å²) in [4.78, 5) is -1.36. The molecule has 0 fully saturated rings. The Morgan fingerprint density at radius 1 is 1.04 bits per heavy atom. The van der Waals surface area contributed by atoms with Gasteiger partial charge in [0.1, 0.15) is 17.3 Å². The molecule has 0 saturated carbocycles. The van der Waals surface area contributed by atoms with Crippen LogP contribution in [0.2, 0.25) is 0 Å². The van der Waals surface area contributed by atoms with Gasteiger partial charge in [0.2, 0.25) is 15.8 Å². The van der Waals surface area contributed by atoms with E-state index < -0.39 is 38.7 Å². The molecule has 1 aromatic heterocycles. The lowest BCUT2D eigenvalue weighted by molar-refractivity contribution is 0.113. The van der Waals surface area contributed by atoms with Crippen LogP contribution in [0, 0.1) is 11.6 Å². The van der Waals surface area contributed by atoms with Crippen LogP contribution in [0.15, 0.2) is 50.3 Å².